The molecule has 0 atom stereocenters. The van der Waals surface area contributed by atoms with Crippen LogP contribution in [0.1, 0.15) is 12.0 Å². The predicted molar refractivity (Wildman–Crippen MR) is 64.4 cm³/mol. The van der Waals surface area contributed by atoms with Gasteiger partial charge in [0.2, 0.25) is 0 Å². The zero-order chi connectivity index (χ0) is 13.0. The molecule has 0 amide bonds. The van der Waals surface area contributed by atoms with Gasteiger partial charge < -0.3 is 10.1 Å². The molecule has 0 radical (unpaired) electrons. The van der Waals surface area contributed by atoms with E-state index in [0.29, 0.717) is 12.3 Å². The molecule has 2 nitrogen and oxygen atoms in total. The number of hydrogen-bond acceptors (Lipinski definition) is 2. The van der Waals surface area contributed by atoms with Crippen LogP contribution in [0.5, 0.6) is 0 Å². The van der Waals surface area contributed by atoms with Crippen molar-refractivity contribution in [2.45, 2.75) is 12.6 Å². The minimum absolute atomic E-state index is 0.473. The molecule has 1 N–H and O–H groups in total. The summed E-state index contributed by atoms with van der Waals surface area (Å²) >= 11 is 0. The van der Waals surface area contributed by atoms with Crippen molar-refractivity contribution in [2.75, 3.05) is 25.1 Å². The van der Waals surface area contributed by atoms with E-state index in [0.717, 1.165) is 18.6 Å². The van der Waals surface area contributed by atoms with Crippen molar-refractivity contribution in [3.05, 3.63) is 35.4 Å². The fourth-order valence-electron chi connectivity index (χ4n) is 1.77. The van der Waals surface area contributed by atoms with Crippen molar-refractivity contribution in [1.29, 1.82) is 0 Å². The first kappa shape index (κ1) is 13.0. The van der Waals surface area contributed by atoms with Crippen molar-refractivity contribution in [1.82, 2.24) is 0 Å². The number of benzene rings is 1. The minimum Gasteiger partial charge on any atom is -0.377 e. The van der Waals surface area contributed by atoms with Gasteiger partial charge in [-0.25, -0.2) is 0 Å². The standard InChI is InChI=1S/C13H14F3NO/c14-13(15,16)9-17-12-3-1-2-10(7-12)6-11-4-5-18-8-11/h1-3,6-7,17H,4-5,8-9H2/b11-6+. The number of ether oxygens (including phenoxy) is 1. The first-order chi connectivity index (χ1) is 8.53. The lowest BCUT2D eigenvalue weighted by molar-refractivity contribution is -0.115. The highest BCUT2D eigenvalue weighted by molar-refractivity contribution is 5.59. The molecule has 0 aliphatic carbocycles. The Labute approximate surface area is 103 Å². The van der Waals surface area contributed by atoms with E-state index in [1.54, 1.807) is 18.2 Å². The summed E-state index contributed by atoms with van der Waals surface area (Å²) in [4.78, 5) is 0. The number of nitrogens with one attached hydrogen (secondary N) is 1. The Morgan fingerprint density at radius 3 is 2.83 bits per heavy atom. The van der Waals surface area contributed by atoms with E-state index >= 15 is 0 Å². The second kappa shape index (κ2) is 5.44. The van der Waals surface area contributed by atoms with Crippen LogP contribution < -0.4 is 5.32 Å². The van der Waals surface area contributed by atoms with Crippen LogP contribution in [0.15, 0.2) is 29.8 Å². The summed E-state index contributed by atoms with van der Waals surface area (Å²) in [7, 11) is 0. The lowest BCUT2D eigenvalue weighted by Crippen LogP contribution is -2.21. The number of anilines is 1. The predicted octanol–water partition coefficient (Wildman–Crippen LogP) is 3.46. The fraction of sp³-hybridized carbons (Fsp3) is 0.385. The molecule has 0 spiro atoms. The van der Waals surface area contributed by atoms with Crippen molar-refractivity contribution in [3.63, 3.8) is 0 Å². The molecule has 1 aliphatic heterocycles. The maximum Gasteiger partial charge on any atom is 0.405 e. The Morgan fingerprint density at radius 2 is 2.17 bits per heavy atom. The van der Waals surface area contributed by atoms with Gasteiger partial charge in [-0.3, -0.25) is 0 Å². The largest absolute Gasteiger partial charge is 0.405 e. The summed E-state index contributed by atoms with van der Waals surface area (Å²) in [6.45, 7) is 0.314. The van der Waals surface area contributed by atoms with Crippen LogP contribution in [0.2, 0.25) is 0 Å². The zero-order valence-corrected chi connectivity index (χ0v) is 9.76. The second-order valence-electron chi connectivity index (χ2n) is 4.20. The quantitative estimate of drug-likeness (QED) is 0.895. The van der Waals surface area contributed by atoms with Crippen molar-refractivity contribution >= 4 is 11.8 Å². The average Bonchev–Trinajstić information content (AvgIpc) is 2.79. The van der Waals surface area contributed by atoms with E-state index in [4.69, 9.17) is 4.74 Å². The number of rotatable bonds is 3. The van der Waals surface area contributed by atoms with E-state index in [1.807, 2.05) is 12.1 Å². The monoisotopic (exact) mass is 257 g/mol. The lowest BCUT2D eigenvalue weighted by atomic mass is 10.1. The molecule has 1 aliphatic rings. The molecular formula is C13H14F3NO. The summed E-state index contributed by atoms with van der Waals surface area (Å²) in [5.41, 5.74) is 2.53. The first-order valence-electron chi connectivity index (χ1n) is 5.71. The molecule has 0 unspecified atom stereocenters. The molecule has 0 aromatic heterocycles. The van der Waals surface area contributed by atoms with Crippen molar-refractivity contribution in [2.24, 2.45) is 0 Å². The highest BCUT2D eigenvalue weighted by atomic mass is 19.4. The second-order valence-corrected chi connectivity index (χ2v) is 4.20. The van der Waals surface area contributed by atoms with Gasteiger partial charge in [-0.15, -0.1) is 0 Å². The summed E-state index contributed by atoms with van der Waals surface area (Å²) < 4.78 is 41.5. The molecular weight excluding hydrogens is 243 g/mol. The summed E-state index contributed by atoms with van der Waals surface area (Å²) in [5, 5.41) is 2.36. The van der Waals surface area contributed by atoms with Gasteiger partial charge in [0.25, 0.3) is 0 Å². The topological polar surface area (TPSA) is 21.3 Å². The first-order valence-corrected chi connectivity index (χ1v) is 5.71. The third-order valence-corrected chi connectivity index (χ3v) is 2.61. The van der Waals surface area contributed by atoms with Crippen LogP contribution in [0.25, 0.3) is 6.08 Å². The third kappa shape index (κ3) is 4.07. The molecule has 2 rings (SSSR count). The molecule has 1 fully saturated rings. The average molecular weight is 257 g/mol. The Hall–Kier alpha value is -1.49. The highest BCUT2D eigenvalue weighted by Crippen LogP contribution is 2.20. The van der Waals surface area contributed by atoms with Gasteiger partial charge in [-0.05, 0) is 29.7 Å². The normalized spacial score (nSPS) is 18.3. The van der Waals surface area contributed by atoms with Gasteiger partial charge in [0.05, 0.1) is 13.2 Å². The van der Waals surface area contributed by atoms with Crippen LogP contribution in [0, 0.1) is 0 Å². The molecule has 1 heterocycles. The van der Waals surface area contributed by atoms with Gasteiger partial charge in [-0.2, -0.15) is 13.2 Å². The molecule has 1 aromatic rings. The van der Waals surface area contributed by atoms with Crippen LogP contribution in [-0.4, -0.2) is 25.9 Å². The SMILES string of the molecule is FC(F)(F)CNc1cccc(/C=C2\CCOC2)c1. The summed E-state index contributed by atoms with van der Waals surface area (Å²) in [6, 6.07) is 6.93. The molecule has 1 aromatic carbocycles. The molecule has 5 heteroatoms. The number of halogens is 3. The van der Waals surface area contributed by atoms with Crippen molar-refractivity contribution < 1.29 is 17.9 Å². The molecule has 0 bridgehead atoms. The van der Waals surface area contributed by atoms with E-state index < -0.39 is 12.7 Å². The maximum absolute atomic E-state index is 12.1. The van der Waals surface area contributed by atoms with Gasteiger partial charge >= 0.3 is 6.18 Å². The maximum atomic E-state index is 12.1. The van der Waals surface area contributed by atoms with Crippen LogP contribution in [-0.2, 0) is 4.74 Å². The fourth-order valence-corrected chi connectivity index (χ4v) is 1.77. The summed E-state index contributed by atoms with van der Waals surface area (Å²) in [6.07, 6.45) is -1.35. The van der Waals surface area contributed by atoms with E-state index in [-0.39, 0.29) is 0 Å². The van der Waals surface area contributed by atoms with E-state index in [9.17, 15) is 13.2 Å². The smallest absolute Gasteiger partial charge is 0.377 e. The van der Waals surface area contributed by atoms with Crippen LogP contribution >= 0.6 is 0 Å². The molecule has 1 saturated heterocycles. The molecule has 18 heavy (non-hydrogen) atoms. The van der Waals surface area contributed by atoms with Gasteiger partial charge in [0.1, 0.15) is 6.54 Å². The Bertz CT molecular complexity index is 432. The lowest BCUT2D eigenvalue weighted by Gasteiger charge is -2.10. The number of alkyl halides is 3. The molecule has 98 valence electrons. The van der Waals surface area contributed by atoms with Crippen LogP contribution in [0.3, 0.4) is 0 Å². The number of hydrogen-bond donors (Lipinski definition) is 1. The van der Waals surface area contributed by atoms with Gasteiger partial charge in [0.15, 0.2) is 0 Å². The van der Waals surface area contributed by atoms with E-state index in [2.05, 4.69) is 5.32 Å². The van der Waals surface area contributed by atoms with E-state index in [1.165, 1.54) is 5.57 Å². The zero-order valence-electron chi connectivity index (χ0n) is 9.76. The Balaban J connectivity index is 2.03. The van der Waals surface area contributed by atoms with Crippen LogP contribution in [0.4, 0.5) is 18.9 Å². The third-order valence-electron chi connectivity index (χ3n) is 2.61. The Morgan fingerprint density at radius 1 is 1.33 bits per heavy atom. The van der Waals surface area contributed by atoms with Gasteiger partial charge in [0, 0.05) is 5.69 Å². The molecule has 0 saturated carbocycles. The minimum atomic E-state index is -4.20. The summed E-state index contributed by atoms with van der Waals surface area (Å²) in [5.74, 6) is 0. The van der Waals surface area contributed by atoms with Gasteiger partial charge in [-0.1, -0.05) is 18.2 Å². The highest BCUT2D eigenvalue weighted by Gasteiger charge is 2.26. The van der Waals surface area contributed by atoms with Crippen molar-refractivity contribution in [3.8, 4) is 0 Å². The Kier molecular flexibility index (Phi) is 3.91.